The number of nitrogens with zero attached hydrogens (tertiary/aromatic N) is 3. The number of benzene rings is 1. The van der Waals surface area contributed by atoms with E-state index in [0.29, 0.717) is 17.7 Å². The van der Waals surface area contributed by atoms with Crippen LogP contribution >= 0.6 is 0 Å². The fourth-order valence-corrected chi connectivity index (χ4v) is 3.52. The molecule has 0 N–H and O–H groups in total. The molecule has 0 spiro atoms. The highest BCUT2D eigenvalue weighted by atomic mass is 19.4. The van der Waals surface area contributed by atoms with Gasteiger partial charge in [0.05, 0.1) is 5.69 Å². The van der Waals surface area contributed by atoms with Crippen LogP contribution in [0.25, 0.3) is 11.3 Å². The highest BCUT2D eigenvalue weighted by molar-refractivity contribution is 5.65. The molecular formula is C24H18F3N3O. The Morgan fingerprint density at radius 2 is 1.48 bits per heavy atom. The largest absolute Gasteiger partial charge is 0.573 e. The van der Waals surface area contributed by atoms with Gasteiger partial charge in [0.25, 0.3) is 0 Å². The Kier molecular flexibility index (Phi) is 5.93. The molecule has 31 heavy (non-hydrogen) atoms. The summed E-state index contributed by atoms with van der Waals surface area (Å²) in [5.41, 5.74) is 4.07. The molecule has 0 saturated heterocycles. The number of hydrogen-bond donors (Lipinski definition) is 0. The summed E-state index contributed by atoms with van der Waals surface area (Å²) in [5, 5.41) is 0. The predicted octanol–water partition coefficient (Wildman–Crippen LogP) is 5.81. The van der Waals surface area contributed by atoms with Crippen LogP contribution in [-0.4, -0.2) is 21.3 Å². The van der Waals surface area contributed by atoms with E-state index in [1.807, 2.05) is 48.8 Å². The van der Waals surface area contributed by atoms with E-state index in [1.165, 1.54) is 18.2 Å². The standard InChI is InChI=1S/C24H18F3N3O/c25-24(26,27)31-21-9-1-5-17(13-21)23-18(6-4-12-30-23)14-22(19-7-2-10-28-15-19)20-8-3-11-29-16-20/h1-13,15-16,22H,14H2. The van der Waals surface area contributed by atoms with Gasteiger partial charge in [0.15, 0.2) is 0 Å². The zero-order chi connectivity index (χ0) is 21.7. The number of halogens is 3. The Morgan fingerprint density at radius 1 is 0.806 bits per heavy atom. The van der Waals surface area contributed by atoms with Crippen molar-refractivity contribution in [3.63, 3.8) is 0 Å². The van der Waals surface area contributed by atoms with Crippen molar-refractivity contribution < 1.29 is 17.9 Å². The minimum absolute atomic E-state index is 0.0417. The Labute approximate surface area is 177 Å². The van der Waals surface area contributed by atoms with Gasteiger partial charge in [0.2, 0.25) is 0 Å². The molecule has 0 aliphatic carbocycles. The molecule has 0 bridgehead atoms. The molecule has 0 amide bonds. The van der Waals surface area contributed by atoms with Gasteiger partial charge in [-0.15, -0.1) is 13.2 Å². The maximum Gasteiger partial charge on any atom is 0.573 e. The summed E-state index contributed by atoms with van der Waals surface area (Å²) in [5.74, 6) is -0.322. The number of alkyl halides is 3. The van der Waals surface area contributed by atoms with E-state index in [-0.39, 0.29) is 11.7 Å². The first kappa shape index (κ1) is 20.5. The number of pyridine rings is 3. The van der Waals surface area contributed by atoms with Crippen LogP contribution in [0.5, 0.6) is 5.75 Å². The summed E-state index contributed by atoms with van der Waals surface area (Å²) in [6.07, 6.45) is 4.50. The molecule has 0 radical (unpaired) electrons. The third-order valence-corrected chi connectivity index (χ3v) is 4.83. The molecule has 4 rings (SSSR count). The van der Waals surface area contributed by atoms with Crippen LogP contribution in [0.2, 0.25) is 0 Å². The molecule has 3 heterocycles. The van der Waals surface area contributed by atoms with Crippen molar-refractivity contribution in [2.24, 2.45) is 0 Å². The monoisotopic (exact) mass is 421 g/mol. The molecular weight excluding hydrogens is 403 g/mol. The second-order valence-electron chi connectivity index (χ2n) is 6.92. The summed E-state index contributed by atoms with van der Waals surface area (Å²) in [6.45, 7) is 0. The van der Waals surface area contributed by atoms with E-state index in [9.17, 15) is 13.2 Å². The van der Waals surface area contributed by atoms with E-state index in [0.717, 1.165) is 16.7 Å². The first-order valence-corrected chi connectivity index (χ1v) is 9.59. The first-order valence-electron chi connectivity index (χ1n) is 9.59. The second kappa shape index (κ2) is 8.95. The third-order valence-electron chi connectivity index (χ3n) is 4.83. The van der Waals surface area contributed by atoms with E-state index >= 15 is 0 Å². The zero-order valence-corrected chi connectivity index (χ0v) is 16.3. The molecule has 4 nitrogen and oxygen atoms in total. The molecule has 0 saturated carbocycles. The van der Waals surface area contributed by atoms with E-state index in [4.69, 9.17) is 0 Å². The zero-order valence-electron chi connectivity index (χ0n) is 16.3. The Morgan fingerprint density at radius 3 is 2.10 bits per heavy atom. The Balaban J connectivity index is 1.72. The van der Waals surface area contributed by atoms with Crippen molar-refractivity contribution in [2.45, 2.75) is 18.7 Å². The number of rotatable bonds is 6. The van der Waals surface area contributed by atoms with Gasteiger partial charge in [0, 0.05) is 42.5 Å². The highest BCUT2D eigenvalue weighted by Gasteiger charge is 2.31. The smallest absolute Gasteiger partial charge is 0.406 e. The lowest BCUT2D eigenvalue weighted by Gasteiger charge is -2.19. The van der Waals surface area contributed by atoms with Gasteiger partial charge < -0.3 is 4.74 Å². The summed E-state index contributed by atoms with van der Waals surface area (Å²) in [6, 6.07) is 17.4. The van der Waals surface area contributed by atoms with Crippen LogP contribution in [0.15, 0.2) is 91.6 Å². The van der Waals surface area contributed by atoms with Crippen molar-refractivity contribution >= 4 is 0 Å². The van der Waals surface area contributed by atoms with Gasteiger partial charge in [-0.1, -0.05) is 30.3 Å². The summed E-state index contributed by atoms with van der Waals surface area (Å²) < 4.78 is 42.0. The average Bonchev–Trinajstić information content (AvgIpc) is 2.78. The molecule has 7 heteroatoms. The fourth-order valence-electron chi connectivity index (χ4n) is 3.52. The van der Waals surface area contributed by atoms with Crippen molar-refractivity contribution in [2.75, 3.05) is 0 Å². The lowest BCUT2D eigenvalue weighted by Crippen LogP contribution is -2.17. The van der Waals surface area contributed by atoms with Crippen LogP contribution in [-0.2, 0) is 6.42 Å². The molecule has 0 fully saturated rings. The molecule has 156 valence electrons. The van der Waals surface area contributed by atoms with Gasteiger partial charge >= 0.3 is 6.36 Å². The maximum atomic E-state index is 12.7. The number of aromatic nitrogens is 3. The Bertz CT molecular complexity index is 1100. The molecule has 0 unspecified atom stereocenters. The van der Waals surface area contributed by atoms with Crippen molar-refractivity contribution in [1.29, 1.82) is 0 Å². The summed E-state index contributed by atoms with van der Waals surface area (Å²) >= 11 is 0. The molecule has 0 aliphatic heterocycles. The first-order chi connectivity index (χ1) is 15.0. The predicted molar refractivity (Wildman–Crippen MR) is 110 cm³/mol. The molecule has 0 atom stereocenters. The fraction of sp³-hybridized carbons (Fsp3) is 0.125. The Hall–Kier alpha value is -3.74. The molecule has 0 aliphatic rings. The minimum atomic E-state index is -4.75. The molecule has 4 aromatic rings. The topological polar surface area (TPSA) is 47.9 Å². The average molecular weight is 421 g/mol. The lowest BCUT2D eigenvalue weighted by atomic mass is 9.86. The minimum Gasteiger partial charge on any atom is -0.406 e. The van der Waals surface area contributed by atoms with E-state index in [1.54, 1.807) is 24.7 Å². The maximum absolute atomic E-state index is 12.7. The van der Waals surface area contributed by atoms with Gasteiger partial charge in [-0.05, 0) is 53.4 Å². The third kappa shape index (κ3) is 5.25. The lowest BCUT2D eigenvalue weighted by molar-refractivity contribution is -0.274. The van der Waals surface area contributed by atoms with Crippen LogP contribution in [0.4, 0.5) is 13.2 Å². The van der Waals surface area contributed by atoms with Crippen molar-refractivity contribution in [3.8, 4) is 17.0 Å². The summed E-state index contributed by atoms with van der Waals surface area (Å²) in [7, 11) is 0. The molecule has 1 aromatic carbocycles. The number of hydrogen-bond acceptors (Lipinski definition) is 4. The van der Waals surface area contributed by atoms with Crippen LogP contribution in [0.3, 0.4) is 0 Å². The quantitative estimate of drug-likeness (QED) is 0.394. The van der Waals surface area contributed by atoms with Gasteiger partial charge in [-0.3, -0.25) is 15.0 Å². The van der Waals surface area contributed by atoms with Crippen LogP contribution in [0, 0.1) is 0 Å². The normalized spacial score (nSPS) is 11.5. The number of ether oxygens (including phenoxy) is 1. The van der Waals surface area contributed by atoms with E-state index < -0.39 is 6.36 Å². The summed E-state index contributed by atoms with van der Waals surface area (Å²) in [4.78, 5) is 12.9. The van der Waals surface area contributed by atoms with Crippen molar-refractivity contribution in [1.82, 2.24) is 15.0 Å². The van der Waals surface area contributed by atoms with Crippen molar-refractivity contribution in [3.05, 3.63) is 108 Å². The SMILES string of the molecule is FC(F)(F)Oc1cccc(-c2ncccc2CC(c2cccnc2)c2cccnc2)c1. The van der Waals surface area contributed by atoms with Gasteiger partial charge in [-0.2, -0.15) is 0 Å². The second-order valence-corrected chi connectivity index (χ2v) is 6.92. The van der Waals surface area contributed by atoms with Gasteiger partial charge in [-0.25, -0.2) is 0 Å². The highest BCUT2D eigenvalue weighted by Crippen LogP contribution is 2.33. The van der Waals surface area contributed by atoms with E-state index in [2.05, 4.69) is 19.7 Å². The van der Waals surface area contributed by atoms with Crippen LogP contribution < -0.4 is 4.74 Å². The van der Waals surface area contributed by atoms with Gasteiger partial charge in [0.1, 0.15) is 5.75 Å². The van der Waals surface area contributed by atoms with Crippen LogP contribution in [0.1, 0.15) is 22.6 Å². The molecule has 3 aromatic heterocycles.